The number of nitrogens with one attached hydrogen (secondary N) is 1. The largest absolute Gasteiger partial charge is 0.491 e. The Hall–Kier alpha value is -1.22. The highest BCUT2D eigenvalue weighted by Gasteiger charge is 2.03. The van der Waals surface area contributed by atoms with Crippen molar-refractivity contribution in [3.05, 3.63) is 23.8 Å². The molecular weight excluding hydrogens is 226 g/mol. The minimum atomic E-state index is 0.287. The molecular formula is C15H25NO2. The minimum absolute atomic E-state index is 0.287. The zero-order valence-corrected chi connectivity index (χ0v) is 11.5. The maximum Gasteiger partial charge on any atom is 0.142 e. The molecule has 0 unspecified atom stereocenters. The van der Waals surface area contributed by atoms with E-state index in [-0.39, 0.29) is 6.61 Å². The van der Waals surface area contributed by atoms with Crippen molar-refractivity contribution >= 4 is 5.69 Å². The molecule has 0 fully saturated rings. The zero-order valence-electron chi connectivity index (χ0n) is 11.5. The highest BCUT2D eigenvalue weighted by molar-refractivity contribution is 5.57. The molecule has 1 rings (SSSR count). The Morgan fingerprint density at radius 1 is 1.22 bits per heavy atom. The van der Waals surface area contributed by atoms with Gasteiger partial charge in [-0.25, -0.2) is 0 Å². The number of hydrogen-bond donors (Lipinski definition) is 2. The molecule has 1 aromatic rings. The van der Waals surface area contributed by atoms with Gasteiger partial charge >= 0.3 is 0 Å². The van der Waals surface area contributed by atoms with Crippen molar-refractivity contribution in [3.8, 4) is 5.75 Å². The van der Waals surface area contributed by atoms with Gasteiger partial charge in [-0.15, -0.1) is 0 Å². The molecule has 0 aliphatic heterocycles. The van der Waals surface area contributed by atoms with Gasteiger partial charge in [-0.2, -0.15) is 0 Å². The molecule has 0 bridgehead atoms. The van der Waals surface area contributed by atoms with Crippen molar-refractivity contribution in [1.82, 2.24) is 0 Å². The summed E-state index contributed by atoms with van der Waals surface area (Å²) >= 11 is 0. The Balaban J connectivity index is 2.47. The van der Waals surface area contributed by atoms with Gasteiger partial charge in [0.25, 0.3) is 0 Å². The Morgan fingerprint density at radius 3 is 2.78 bits per heavy atom. The number of ether oxygens (including phenoxy) is 1. The third-order valence-electron chi connectivity index (χ3n) is 2.75. The number of hydrogen-bond acceptors (Lipinski definition) is 3. The fourth-order valence-corrected chi connectivity index (χ4v) is 1.74. The maximum atomic E-state index is 8.71. The van der Waals surface area contributed by atoms with Crippen LogP contribution in [0.4, 0.5) is 5.69 Å². The van der Waals surface area contributed by atoms with E-state index in [4.69, 9.17) is 9.84 Å². The second kappa shape index (κ2) is 8.81. The lowest BCUT2D eigenvalue weighted by Gasteiger charge is -2.13. The molecule has 0 saturated heterocycles. The zero-order chi connectivity index (χ0) is 13.2. The predicted octanol–water partition coefficient (Wildman–Crippen LogP) is 3.36. The normalized spacial score (nSPS) is 10.4. The van der Waals surface area contributed by atoms with Crippen LogP contribution in [0.15, 0.2) is 18.2 Å². The van der Waals surface area contributed by atoms with Gasteiger partial charge in [0, 0.05) is 13.2 Å². The number of anilines is 1. The smallest absolute Gasteiger partial charge is 0.142 e. The van der Waals surface area contributed by atoms with E-state index >= 15 is 0 Å². The minimum Gasteiger partial charge on any atom is -0.491 e. The molecule has 0 saturated carbocycles. The van der Waals surface area contributed by atoms with Gasteiger partial charge in [0.2, 0.25) is 0 Å². The van der Waals surface area contributed by atoms with Crippen LogP contribution in [0.3, 0.4) is 0 Å². The molecule has 0 aliphatic rings. The number of aryl methyl sites for hydroxylation is 1. The molecule has 0 amide bonds. The molecule has 3 nitrogen and oxygen atoms in total. The van der Waals surface area contributed by atoms with E-state index in [2.05, 4.69) is 37.4 Å². The summed E-state index contributed by atoms with van der Waals surface area (Å²) in [4.78, 5) is 0. The van der Waals surface area contributed by atoms with E-state index in [1.807, 2.05) is 0 Å². The summed E-state index contributed by atoms with van der Waals surface area (Å²) in [6, 6.07) is 6.24. The van der Waals surface area contributed by atoms with Gasteiger partial charge < -0.3 is 15.2 Å². The third kappa shape index (κ3) is 5.41. The standard InChI is InChI=1S/C15H25NO2/c1-3-11-18-15-12-13(2)7-8-14(15)16-9-5-4-6-10-17/h7-8,12,16-17H,3-6,9-11H2,1-2H3. The van der Waals surface area contributed by atoms with E-state index < -0.39 is 0 Å². The van der Waals surface area contributed by atoms with Crippen LogP contribution in [0.2, 0.25) is 0 Å². The van der Waals surface area contributed by atoms with Crippen LogP contribution in [0.1, 0.15) is 38.2 Å². The summed E-state index contributed by atoms with van der Waals surface area (Å²) in [6.45, 7) is 6.14. The Kier molecular flexibility index (Phi) is 7.26. The number of aliphatic hydroxyl groups excluding tert-OH is 1. The Morgan fingerprint density at radius 2 is 2.06 bits per heavy atom. The van der Waals surface area contributed by atoms with Crippen LogP contribution in [0.5, 0.6) is 5.75 Å². The highest BCUT2D eigenvalue weighted by Crippen LogP contribution is 2.25. The van der Waals surface area contributed by atoms with E-state index in [0.29, 0.717) is 0 Å². The molecule has 0 aromatic heterocycles. The fraction of sp³-hybridized carbons (Fsp3) is 0.600. The van der Waals surface area contributed by atoms with Crippen LogP contribution < -0.4 is 10.1 Å². The first kappa shape index (κ1) is 14.8. The summed E-state index contributed by atoms with van der Waals surface area (Å²) < 4.78 is 5.74. The van der Waals surface area contributed by atoms with Gasteiger partial charge in [-0.1, -0.05) is 13.0 Å². The van der Waals surface area contributed by atoms with Crippen molar-refractivity contribution in [1.29, 1.82) is 0 Å². The van der Waals surface area contributed by atoms with Gasteiger partial charge in [0.05, 0.1) is 12.3 Å². The fourth-order valence-electron chi connectivity index (χ4n) is 1.74. The summed E-state index contributed by atoms with van der Waals surface area (Å²) in [5.74, 6) is 0.944. The highest BCUT2D eigenvalue weighted by atomic mass is 16.5. The summed E-state index contributed by atoms with van der Waals surface area (Å²) in [6.07, 6.45) is 4.03. The molecule has 0 radical (unpaired) electrons. The lowest BCUT2D eigenvalue weighted by molar-refractivity contribution is 0.283. The second-order valence-electron chi connectivity index (χ2n) is 4.56. The van der Waals surface area contributed by atoms with Crippen LogP contribution in [0, 0.1) is 6.92 Å². The molecule has 0 spiro atoms. The number of rotatable bonds is 9. The summed E-state index contributed by atoms with van der Waals surface area (Å²) in [5, 5.41) is 12.1. The number of benzene rings is 1. The second-order valence-corrected chi connectivity index (χ2v) is 4.56. The van der Waals surface area contributed by atoms with Crippen molar-refractivity contribution < 1.29 is 9.84 Å². The van der Waals surface area contributed by atoms with Crippen molar-refractivity contribution in [3.63, 3.8) is 0 Å². The lowest BCUT2D eigenvalue weighted by atomic mass is 10.2. The quantitative estimate of drug-likeness (QED) is 0.661. The van der Waals surface area contributed by atoms with Crippen molar-refractivity contribution in [2.24, 2.45) is 0 Å². The van der Waals surface area contributed by atoms with Crippen LogP contribution in [0.25, 0.3) is 0 Å². The average molecular weight is 251 g/mol. The number of aliphatic hydroxyl groups is 1. The summed E-state index contributed by atoms with van der Waals surface area (Å²) in [7, 11) is 0. The molecule has 0 aliphatic carbocycles. The van der Waals surface area contributed by atoms with Crippen LogP contribution in [-0.2, 0) is 0 Å². The molecule has 3 heteroatoms. The monoisotopic (exact) mass is 251 g/mol. The summed E-state index contributed by atoms with van der Waals surface area (Å²) in [5.41, 5.74) is 2.28. The predicted molar refractivity (Wildman–Crippen MR) is 76.4 cm³/mol. The first-order chi connectivity index (χ1) is 8.77. The molecule has 0 atom stereocenters. The van der Waals surface area contributed by atoms with Gasteiger partial charge in [0.15, 0.2) is 0 Å². The maximum absolute atomic E-state index is 8.71. The first-order valence-electron chi connectivity index (χ1n) is 6.86. The van der Waals surface area contributed by atoms with Crippen molar-refractivity contribution in [2.45, 2.75) is 39.5 Å². The molecule has 18 heavy (non-hydrogen) atoms. The SMILES string of the molecule is CCCOc1cc(C)ccc1NCCCCCO. The van der Waals surface area contributed by atoms with Crippen LogP contribution in [-0.4, -0.2) is 24.9 Å². The number of unbranched alkanes of at least 4 members (excludes halogenated alkanes) is 2. The Labute approximate surface area is 110 Å². The van der Waals surface area contributed by atoms with E-state index in [1.54, 1.807) is 0 Å². The first-order valence-corrected chi connectivity index (χ1v) is 6.86. The van der Waals surface area contributed by atoms with Gasteiger partial charge in [-0.3, -0.25) is 0 Å². The molecule has 102 valence electrons. The average Bonchev–Trinajstić information content (AvgIpc) is 2.38. The van der Waals surface area contributed by atoms with Crippen molar-refractivity contribution in [2.75, 3.05) is 25.1 Å². The Bertz CT molecular complexity index is 339. The van der Waals surface area contributed by atoms with Gasteiger partial charge in [0.1, 0.15) is 5.75 Å². The lowest BCUT2D eigenvalue weighted by Crippen LogP contribution is -2.05. The molecule has 1 aromatic carbocycles. The molecule has 0 heterocycles. The van der Waals surface area contributed by atoms with E-state index in [9.17, 15) is 0 Å². The van der Waals surface area contributed by atoms with E-state index in [1.165, 1.54) is 5.56 Å². The van der Waals surface area contributed by atoms with E-state index in [0.717, 1.165) is 50.3 Å². The topological polar surface area (TPSA) is 41.5 Å². The molecule has 2 N–H and O–H groups in total. The van der Waals surface area contributed by atoms with Gasteiger partial charge in [-0.05, 0) is 50.3 Å². The van der Waals surface area contributed by atoms with Crippen LogP contribution >= 0.6 is 0 Å². The third-order valence-corrected chi connectivity index (χ3v) is 2.75.